The van der Waals surface area contributed by atoms with Gasteiger partial charge in [0.05, 0.1) is 16.2 Å². The van der Waals surface area contributed by atoms with Crippen LogP contribution in [0.2, 0.25) is 0 Å². The summed E-state index contributed by atoms with van der Waals surface area (Å²) in [5, 5.41) is 1.46. The summed E-state index contributed by atoms with van der Waals surface area (Å²) in [4.78, 5) is 28.6. The van der Waals surface area contributed by atoms with E-state index in [1.807, 2.05) is 6.07 Å². The molecule has 1 aliphatic heterocycles. The van der Waals surface area contributed by atoms with E-state index in [2.05, 4.69) is 18.2 Å². The zero-order valence-electron chi connectivity index (χ0n) is 13.2. The summed E-state index contributed by atoms with van der Waals surface area (Å²) in [6.45, 7) is 0. The molecule has 0 saturated heterocycles. The fraction of sp³-hybridized carbons (Fsp3) is 0.150. The highest BCUT2D eigenvalue weighted by Gasteiger charge is 2.32. The minimum Gasteiger partial charge on any atom is -0.422 e. The predicted octanol–water partition coefficient (Wildman–Crippen LogP) is 1.63. The second-order valence-corrected chi connectivity index (χ2v) is 7.44. The Bertz CT molecular complexity index is 1170. The molecule has 1 aromatic heterocycles. The summed E-state index contributed by atoms with van der Waals surface area (Å²) in [5.41, 5.74) is 4.15. The highest BCUT2D eigenvalue weighted by Crippen LogP contribution is 2.40. The van der Waals surface area contributed by atoms with Gasteiger partial charge in [0.15, 0.2) is 5.78 Å². The molecule has 5 heteroatoms. The average molecular weight is 347 g/mol. The smallest absolute Gasteiger partial charge is 0.346 e. The van der Waals surface area contributed by atoms with Crippen LogP contribution in [0.15, 0.2) is 50.6 Å². The lowest BCUT2D eigenvalue weighted by Gasteiger charge is -2.20. The standard InChI is InChI=1S/C20H13NO3S/c22-13-7-5-12-9-15(20(23)24-16(12)10-13)19-21-18-14-4-2-1-3-11(14)6-8-17(18)25-19/h1-5,7,9-10,17H,6,8H2/b19-15-. The van der Waals surface area contributed by atoms with Gasteiger partial charge in [-0.15, -0.1) is 0 Å². The fourth-order valence-corrected chi connectivity index (χ4v) is 4.68. The van der Waals surface area contributed by atoms with Gasteiger partial charge < -0.3 is 4.42 Å². The topological polar surface area (TPSA) is 59.6 Å². The number of carbonyl (C=O) groups excluding carboxylic acids is 1. The van der Waals surface area contributed by atoms with E-state index in [-0.39, 0.29) is 11.0 Å². The van der Waals surface area contributed by atoms with Crippen LogP contribution in [0.5, 0.6) is 0 Å². The summed E-state index contributed by atoms with van der Waals surface area (Å²) in [6, 6.07) is 10.1. The number of nitrogens with zero attached hydrogens (tertiary/aromatic N) is 1. The molecular formula is C20H13NO3S. The lowest BCUT2D eigenvalue weighted by atomic mass is 9.90. The molecule has 2 aliphatic carbocycles. The third-order valence-corrected chi connectivity index (χ3v) is 5.97. The Labute approximate surface area is 147 Å². The van der Waals surface area contributed by atoms with E-state index in [0.717, 1.165) is 24.1 Å². The summed E-state index contributed by atoms with van der Waals surface area (Å²) >= 11 is 1.63. The average Bonchev–Trinajstić information content (AvgIpc) is 3.05. The van der Waals surface area contributed by atoms with Crippen molar-refractivity contribution in [3.05, 3.63) is 74.2 Å². The van der Waals surface area contributed by atoms with Gasteiger partial charge in [-0.05, 0) is 36.6 Å². The normalized spacial score (nSPS) is 22.6. The van der Waals surface area contributed by atoms with E-state index in [4.69, 9.17) is 9.41 Å². The van der Waals surface area contributed by atoms with E-state index < -0.39 is 5.63 Å². The van der Waals surface area contributed by atoms with Gasteiger partial charge in [0.1, 0.15) is 10.4 Å². The SMILES string of the molecule is O=C1C=Cc2c/c(=C3\N=C4c5ccccc5CCC4S3)c(=O)oc2=C1. The van der Waals surface area contributed by atoms with Crippen molar-refractivity contribution in [1.82, 2.24) is 0 Å². The second-order valence-electron chi connectivity index (χ2n) is 6.25. The molecule has 1 unspecified atom stereocenters. The first-order chi connectivity index (χ1) is 12.2. The molecule has 2 heterocycles. The van der Waals surface area contributed by atoms with Crippen LogP contribution >= 0.6 is 11.8 Å². The van der Waals surface area contributed by atoms with Crippen LogP contribution in [-0.2, 0) is 11.2 Å². The highest BCUT2D eigenvalue weighted by molar-refractivity contribution is 8.09. The van der Waals surface area contributed by atoms with Crippen molar-refractivity contribution in [2.75, 3.05) is 0 Å². The predicted molar refractivity (Wildman–Crippen MR) is 98.8 cm³/mol. The number of ketones is 1. The third kappa shape index (κ3) is 2.35. The zero-order valence-corrected chi connectivity index (χ0v) is 14.0. The number of rotatable bonds is 0. The van der Waals surface area contributed by atoms with Crippen LogP contribution in [0, 0.1) is 0 Å². The molecule has 1 aromatic carbocycles. The number of aliphatic imine (C=N–C) groups is 1. The minimum absolute atomic E-state index is 0.172. The van der Waals surface area contributed by atoms with E-state index >= 15 is 0 Å². The lowest BCUT2D eigenvalue weighted by molar-refractivity contribution is -0.109. The maximum atomic E-state index is 12.4. The second kappa shape index (κ2) is 5.43. The van der Waals surface area contributed by atoms with Crippen molar-refractivity contribution in [1.29, 1.82) is 0 Å². The molecule has 0 N–H and O–H groups in total. The monoisotopic (exact) mass is 347 g/mol. The van der Waals surface area contributed by atoms with Crippen molar-refractivity contribution in [2.45, 2.75) is 18.1 Å². The number of thioether (sulfide) groups is 1. The van der Waals surface area contributed by atoms with Gasteiger partial charge in [0.25, 0.3) is 0 Å². The molecule has 122 valence electrons. The van der Waals surface area contributed by atoms with Crippen LogP contribution < -0.4 is 16.3 Å². The first-order valence-corrected chi connectivity index (χ1v) is 9.03. The molecule has 0 radical (unpaired) electrons. The van der Waals surface area contributed by atoms with Gasteiger partial charge in [0, 0.05) is 17.2 Å². The van der Waals surface area contributed by atoms with Crippen LogP contribution in [0.3, 0.4) is 0 Å². The van der Waals surface area contributed by atoms with E-state index in [1.165, 1.54) is 23.3 Å². The van der Waals surface area contributed by atoms with Gasteiger partial charge in [-0.3, -0.25) is 4.79 Å². The van der Waals surface area contributed by atoms with Crippen LogP contribution in [-0.4, -0.2) is 16.7 Å². The molecule has 4 nitrogen and oxygen atoms in total. The molecule has 5 rings (SSSR count). The molecular weight excluding hydrogens is 334 g/mol. The molecule has 0 bridgehead atoms. The van der Waals surface area contributed by atoms with Crippen LogP contribution in [0.25, 0.3) is 17.2 Å². The highest BCUT2D eigenvalue weighted by atomic mass is 32.2. The van der Waals surface area contributed by atoms with Crippen LogP contribution in [0.4, 0.5) is 0 Å². The number of carbonyl (C=O) groups is 1. The molecule has 0 fully saturated rings. The number of fused-ring (bicyclic) bond motifs is 4. The van der Waals surface area contributed by atoms with Gasteiger partial charge in [-0.1, -0.05) is 36.0 Å². The fourth-order valence-electron chi connectivity index (χ4n) is 3.47. The van der Waals surface area contributed by atoms with E-state index in [9.17, 15) is 9.59 Å². The molecule has 0 spiro atoms. The Kier molecular flexibility index (Phi) is 3.18. The first-order valence-electron chi connectivity index (χ1n) is 8.15. The van der Waals surface area contributed by atoms with E-state index in [1.54, 1.807) is 23.9 Å². The molecule has 1 atom stereocenters. The lowest BCUT2D eigenvalue weighted by Crippen LogP contribution is -2.31. The van der Waals surface area contributed by atoms with Gasteiger partial charge in [-0.25, -0.2) is 9.79 Å². The van der Waals surface area contributed by atoms with Gasteiger partial charge in [0.2, 0.25) is 0 Å². The Balaban J connectivity index is 1.72. The first kappa shape index (κ1) is 14.7. The number of benzene rings is 1. The zero-order chi connectivity index (χ0) is 17.0. The van der Waals surface area contributed by atoms with Crippen LogP contribution in [0.1, 0.15) is 23.1 Å². The Morgan fingerprint density at radius 2 is 2.04 bits per heavy atom. The quantitative estimate of drug-likeness (QED) is 0.727. The maximum absolute atomic E-state index is 12.4. The van der Waals surface area contributed by atoms with Gasteiger partial charge in [-0.2, -0.15) is 0 Å². The van der Waals surface area contributed by atoms with Crippen molar-refractivity contribution < 1.29 is 9.21 Å². The molecule has 3 aliphatic rings. The van der Waals surface area contributed by atoms with Gasteiger partial charge >= 0.3 is 5.63 Å². The number of allylic oxidation sites excluding steroid dienone is 1. The largest absolute Gasteiger partial charge is 0.422 e. The molecule has 0 amide bonds. The Morgan fingerprint density at radius 3 is 2.96 bits per heavy atom. The number of hydrogen-bond acceptors (Lipinski definition) is 5. The Hall–Kier alpha value is -2.66. The third-order valence-electron chi connectivity index (χ3n) is 4.69. The van der Waals surface area contributed by atoms with Crippen molar-refractivity contribution in [3.8, 4) is 0 Å². The minimum atomic E-state index is -0.447. The summed E-state index contributed by atoms with van der Waals surface area (Å²) < 4.78 is 5.35. The van der Waals surface area contributed by atoms with E-state index in [0.29, 0.717) is 15.7 Å². The molecule has 0 saturated carbocycles. The maximum Gasteiger partial charge on any atom is 0.346 e. The van der Waals surface area contributed by atoms with Crippen molar-refractivity contribution >= 4 is 40.4 Å². The summed E-state index contributed by atoms with van der Waals surface area (Å²) in [5.74, 6) is -0.172. The number of aryl methyl sites for hydroxylation is 1. The van der Waals surface area contributed by atoms with Crippen molar-refractivity contribution in [3.63, 3.8) is 0 Å². The Morgan fingerprint density at radius 1 is 1.16 bits per heavy atom. The summed E-state index contributed by atoms with van der Waals surface area (Å²) in [7, 11) is 0. The van der Waals surface area contributed by atoms with Crippen molar-refractivity contribution in [2.24, 2.45) is 4.99 Å². The molecule has 2 aromatic rings. The summed E-state index contributed by atoms with van der Waals surface area (Å²) in [6.07, 6.45) is 6.54. The number of hydrogen-bond donors (Lipinski definition) is 0. The molecule has 25 heavy (non-hydrogen) atoms.